The van der Waals surface area contributed by atoms with Gasteiger partial charge in [0.15, 0.2) is 11.5 Å². The number of nitrogens with one attached hydrogen (secondary N) is 1. The standard InChI is InChI=1S/C16H24ClNO2/c1-11(2)20-16-9-13(14(17)10-15(16)19-3)8-12-4-6-18-7-5-12/h9-12,18H,4-8H2,1-3H3. The maximum atomic E-state index is 6.38. The topological polar surface area (TPSA) is 30.5 Å². The third kappa shape index (κ3) is 4.03. The van der Waals surface area contributed by atoms with Crippen LogP contribution in [-0.4, -0.2) is 26.3 Å². The van der Waals surface area contributed by atoms with Gasteiger partial charge in [0, 0.05) is 11.1 Å². The van der Waals surface area contributed by atoms with Gasteiger partial charge in [-0.05, 0) is 63.7 Å². The van der Waals surface area contributed by atoms with Crippen LogP contribution in [0.5, 0.6) is 11.5 Å². The van der Waals surface area contributed by atoms with Crippen molar-refractivity contribution in [1.82, 2.24) is 5.32 Å². The molecule has 1 fully saturated rings. The second kappa shape index (κ2) is 7.19. The monoisotopic (exact) mass is 297 g/mol. The highest BCUT2D eigenvalue weighted by Crippen LogP contribution is 2.35. The van der Waals surface area contributed by atoms with Crippen LogP contribution >= 0.6 is 11.6 Å². The Morgan fingerprint density at radius 2 is 1.95 bits per heavy atom. The molecular weight excluding hydrogens is 274 g/mol. The Morgan fingerprint density at radius 3 is 2.55 bits per heavy atom. The molecule has 1 aliphatic rings. The Hall–Kier alpha value is -0.930. The molecule has 0 radical (unpaired) electrons. The molecule has 0 aromatic heterocycles. The van der Waals surface area contributed by atoms with E-state index in [1.54, 1.807) is 7.11 Å². The van der Waals surface area contributed by atoms with Crippen molar-refractivity contribution >= 4 is 11.6 Å². The molecule has 0 amide bonds. The summed E-state index contributed by atoms with van der Waals surface area (Å²) in [6.07, 6.45) is 3.56. The second-order valence-corrected chi connectivity index (χ2v) is 6.07. The Balaban J connectivity index is 2.18. The molecule has 1 aromatic carbocycles. The van der Waals surface area contributed by atoms with Crippen LogP contribution in [0.1, 0.15) is 32.3 Å². The highest BCUT2D eigenvalue weighted by Gasteiger charge is 2.17. The normalized spacial score (nSPS) is 16.4. The van der Waals surface area contributed by atoms with Gasteiger partial charge in [0.1, 0.15) is 0 Å². The fraction of sp³-hybridized carbons (Fsp3) is 0.625. The molecule has 0 atom stereocenters. The smallest absolute Gasteiger partial charge is 0.162 e. The fourth-order valence-electron chi connectivity index (χ4n) is 2.64. The third-order valence-electron chi connectivity index (χ3n) is 3.66. The van der Waals surface area contributed by atoms with Crippen molar-refractivity contribution in [2.45, 2.75) is 39.2 Å². The van der Waals surface area contributed by atoms with Gasteiger partial charge in [-0.2, -0.15) is 0 Å². The molecule has 1 heterocycles. The molecule has 3 nitrogen and oxygen atoms in total. The molecule has 20 heavy (non-hydrogen) atoms. The number of methoxy groups -OCH3 is 1. The van der Waals surface area contributed by atoms with Crippen LogP contribution in [0, 0.1) is 5.92 Å². The Kier molecular flexibility index (Phi) is 5.55. The van der Waals surface area contributed by atoms with Crippen LogP contribution in [0.3, 0.4) is 0 Å². The number of hydrogen-bond acceptors (Lipinski definition) is 3. The Bertz CT molecular complexity index is 442. The molecule has 1 aromatic rings. The van der Waals surface area contributed by atoms with E-state index < -0.39 is 0 Å². The van der Waals surface area contributed by atoms with Crippen LogP contribution in [0.4, 0.5) is 0 Å². The first-order valence-corrected chi connectivity index (χ1v) is 7.71. The molecule has 0 aliphatic carbocycles. The quantitative estimate of drug-likeness (QED) is 0.899. The summed E-state index contributed by atoms with van der Waals surface area (Å²) in [7, 11) is 1.64. The van der Waals surface area contributed by atoms with E-state index in [1.807, 2.05) is 26.0 Å². The number of halogens is 1. The summed E-state index contributed by atoms with van der Waals surface area (Å²) in [5, 5.41) is 4.17. The summed E-state index contributed by atoms with van der Waals surface area (Å²) in [5.41, 5.74) is 1.16. The Morgan fingerprint density at radius 1 is 1.25 bits per heavy atom. The first-order valence-electron chi connectivity index (χ1n) is 7.34. The van der Waals surface area contributed by atoms with Crippen LogP contribution < -0.4 is 14.8 Å². The van der Waals surface area contributed by atoms with E-state index in [4.69, 9.17) is 21.1 Å². The SMILES string of the molecule is COc1cc(Cl)c(CC2CCNCC2)cc1OC(C)C. The van der Waals surface area contributed by atoms with Crippen LogP contribution in [0.2, 0.25) is 5.02 Å². The van der Waals surface area contributed by atoms with Gasteiger partial charge >= 0.3 is 0 Å². The van der Waals surface area contributed by atoms with Crippen molar-refractivity contribution in [2.24, 2.45) is 5.92 Å². The van der Waals surface area contributed by atoms with Crippen molar-refractivity contribution in [2.75, 3.05) is 20.2 Å². The van der Waals surface area contributed by atoms with E-state index in [0.717, 1.165) is 35.8 Å². The predicted molar refractivity (Wildman–Crippen MR) is 83.1 cm³/mol. The van der Waals surface area contributed by atoms with Crippen LogP contribution in [0.25, 0.3) is 0 Å². The lowest BCUT2D eigenvalue weighted by atomic mass is 9.91. The largest absolute Gasteiger partial charge is 0.493 e. The average Bonchev–Trinajstić information content (AvgIpc) is 2.42. The zero-order chi connectivity index (χ0) is 14.5. The van der Waals surface area contributed by atoms with E-state index in [1.165, 1.54) is 12.8 Å². The van der Waals surface area contributed by atoms with Gasteiger partial charge in [0.2, 0.25) is 0 Å². The Labute approximate surface area is 126 Å². The zero-order valence-electron chi connectivity index (χ0n) is 12.5. The van der Waals surface area contributed by atoms with Crippen LogP contribution in [-0.2, 0) is 6.42 Å². The van der Waals surface area contributed by atoms with E-state index in [2.05, 4.69) is 5.32 Å². The lowest BCUT2D eigenvalue weighted by molar-refractivity contribution is 0.229. The number of benzene rings is 1. The molecule has 4 heteroatoms. The van der Waals surface area contributed by atoms with E-state index in [0.29, 0.717) is 11.7 Å². The number of piperidine rings is 1. The molecule has 1 N–H and O–H groups in total. The molecule has 0 saturated carbocycles. The molecule has 0 unspecified atom stereocenters. The van der Waals surface area contributed by atoms with E-state index in [-0.39, 0.29) is 6.10 Å². The number of hydrogen-bond donors (Lipinski definition) is 1. The molecular formula is C16H24ClNO2. The minimum absolute atomic E-state index is 0.122. The van der Waals surface area contributed by atoms with Gasteiger partial charge in [0.25, 0.3) is 0 Å². The third-order valence-corrected chi connectivity index (χ3v) is 4.01. The predicted octanol–water partition coefficient (Wildman–Crippen LogP) is 3.68. The summed E-state index contributed by atoms with van der Waals surface area (Å²) in [4.78, 5) is 0. The summed E-state index contributed by atoms with van der Waals surface area (Å²) in [6.45, 7) is 6.24. The van der Waals surface area contributed by atoms with Crippen LogP contribution in [0.15, 0.2) is 12.1 Å². The molecule has 0 bridgehead atoms. The molecule has 0 spiro atoms. The summed E-state index contributed by atoms with van der Waals surface area (Å²) >= 11 is 6.38. The lowest BCUT2D eigenvalue weighted by Crippen LogP contribution is -2.28. The number of ether oxygens (including phenoxy) is 2. The average molecular weight is 298 g/mol. The summed E-state index contributed by atoms with van der Waals surface area (Å²) in [5.74, 6) is 2.20. The van der Waals surface area contributed by atoms with Crippen molar-refractivity contribution in [1.29, 1.82) is 0 Å². The molecule has 112 valence electrons. The van der Waals surface area contributed by atoms with E-state index in [9.17, 15) is 0 Å². The molecule has 1 aliphatic heterocycles. The van der Waals surface area contributed by atoms with Gasteiger partial charge < -0.3 is 14.8 Å². The second-order valence-electron chi connectivity index (χ2n) is 5.66. The van der Waals surface area contributed by atoms with Crippen molar-refractivity contribution in [3.05, 3.63) is 22.7 Å². The van der Waals surface area contributed by atoms with Gasteiger partial charge in [-0.15, -0.1) is 0 Å². The minimum Gasteiger partial charge on any atom is -0.493 e. The van der Waals surface area contributed by atoms with Gasteiger partial charge in [0.05, 0.1) is 13.2 Å². The van der Waals surface area contributed by atoms with Crippen molar-refractivity contribution in [3.63, 3.8) is 0 Å². The van der Waals surface area contributed by atoms with Gasteiger partial charge in [-0.1, -0.05) is 11.6 Å². The first kappa shape index (κ1) is 15.5. The minimum atomic E-state index is 0.122. The number of rotatable bonds is 5. The molecule has 1 saturated heterocycles. The highest BCUT2D eigenvalue weighted by atomic mass is 35.5. The lowest BCUT2D eigenvalue weighted by Gasteiger charge is -2.23. The van der Waals surface area contributed by atoms with E-state index >= 15 is 0 Å². The van der Waals surface area contributed by atoms with Crippen molar-refractivity contribution in [3.8, 4) is 11.5 Å². The fourth-order valence-corrected chi connectivity index (χ4v) is 2.87. The zero-order valence-corrected chi connectivity index (χ0v) is 13.3. The first-order chi connectivity index (χ1) is 9.60. The van der Waals surface area contributed by atoms with Crippen molar-refractivity contribution < 1.29 is 9.47 Å². The molecule has 2 rings (SSSR count). The highest BCUT2D eigenvalue weighted by molar-refractivity contribution is 6.31. The maximum Gasteiger partial charge on any atom is 0.162 e. The maximum absolute atomic E-state index is 6.38. The summed E-state index contributed by atoms with van der Waals surface area (Å²) < 4.78 is 11.2. The van der Waals surface area contributed by atoms with Gasteiger partial charge in [-0.25, -0.2) is 0 Å². The van der Waals surface area contributed by atoms with Gasteiger partial charge in [-0.3, -0.25) is 0 Å². The summed E-state index contributed by atoms with van der Waals surface area (Å²) in [6, 6.07) is 3.92.